The van der Waals surface area contributed by atoms with Gasteiger partial charge in [0.15, 0.2) is 0 Å². The number of hydrogen-bond acceptors (Lipinski definition) is 10. The van der Waals surface area contributed by atoms with Gasteiger partial charge in [-0.05, 0) is 74.4 Å². The molecule has 0 aliphatic carbocycles. The van der Waals surface area contributed by atoms with Crippen molar-refractivity contribution in [3.8, 4) is 5.75 Å². The molecule has 4 aromatic carbocycles. The van der Waals surface area contributed by atoms with Gasteiger partial charge in [0, 0.05) is 25.6 Å². The Kier molecular flexibility index (Phi) is 20.0. The zero-order valence-corrected chi connectivity index (χ0v) is 40.2. The summed E-state index contributed by atoms with van der Waals surface area (Å²) in [5, 5.41) is 13.6. The van der Waals surface area contributed by atoms with Gasteiger partial charge in [-0.3, -0.25) is 19.2 Å². The van der Waals surface area contributed by atoms with Crippen LogP contribution in [-0.2, 0) is 66.0 Å². The number of amides is 5. The first-order valence-electron chi connectivity index (χ1n) is 23.1. The Labute approximate surface area is 404 Å². The minimum Gasteiger partial charge on any atom is -0.489 e. The SMILES string of the molecule is CC(C)C[C@@H](C=O)NC(=O)[C@@H](C)NC(=O)[C@H](Cc1ccc(OCc2ccccc2)cc1)NC(=O)[C@H](COCc1ccccc1)NC(=O)[C@H](Cc1cn(Cc2ccccc2)cn1)NC(=O)OC(C)(C)C. The van der Waals surface area contributed by atoms with Crippen LogP contribution in [0.25, 0.3) is 0 Å². The molecular formula is C53H65N7O9. The molecule has 5 N–H and O–H groups in total. The maximum atomic E-state index is 14.5. The van der Waals surface area contributed by atoms with Crippen LogP contribution in [0.3, 0.4) is 0 Å². The van der Waals surface area contributed by atoms with E-state index in [1.807, 2.05) is 109 Å². The van der Waals surface area contributed by atoms with Crippen molar-refractivity contribution in [3.63, 3.8) is 0 Å². The summed E-state index contributed by atoms with van der Waals surface area (Å²) in [5.41, 5.74) is 3.08. The highest BCUT2D eigenvalue weighted by Gasteiger charge is 2.33. The number of aromatic nitrogens is 2. The summed E-state index contributed by atoms with van der Waals surface area (Å²) in [6.45, 7) is 11.0. The third-order valence-electron chi connectivity index (χ3n) is 10.6. The normalized spacial score (nSPS) is 13.4. The van der Waals surface area contributed by atoms with Gasteiger partial charge in [0.05, 0.1) is 31.3 Å². The van der Waals surface area contributed by atoms with Crippen LogP contribution in [0.2, 0.25) is 0 Å². The first-order chi connectivity index (χ1) is 33.0. The highest BCUT2D eigenvalue weighted by atomic mass is 16.6. The van der Waals surface area contributed by atoms with E-state index >= 15 is 0 Å². The molecular weight excluding hydrogens is 879 g/mol. The summed E-state index contributed by atoms with van der Waals surface area (Å²) in [6.07, 6.45) is 3.51. The molecule has 0 saturated heterocycles. The molecule has 69 heavy (non-hydrogen) atoms. The van der Waals surface area contributed by atoms with E-state index in [1.54, 1.807) is 57.6 Å². The Morgan fingerprint density at radius 3 is 1.77 bits per heavy atom. The van der Waals surface area contributed by atoms with Crippen LogP contribution < -0.4 is 31.3 Å². The van der Waals surface area contributed by atoms with Crippen LogP contribution in [0.5, 0.6) is 5.75 Å². The van der Waals surface area contributed by atoms with E-state index in [2.05, 4.69) is 31.6 Å². The first kappa shape index (κ1) is 52.6. The molecule has 0 aliphatic rings. The van der Waals surface area contributed by atoms with Gasteiger partial charge >= 0.3 is 6.09 Å². The lowest BCUT2D eigenvalue weighted by atomic mass is 10.0. The quantitative estimate of drug-likeness (QED) is 0.0457. The molecule has 16 nitrogen and oxygen atoms in total. The fraction of sp³-hybridized carbons (Fsp3) is 0.377. The second-order valence-electron chi connectivity index (χ2n) is 18.3. The van der Waals surface area contributed by atoms with E-state index in [0.29, 0.717) is 42.9 Å². The van der Waals surface area contributed by atoms with Crippen molar-refractivity contribution < 1.29 is 43.0 Å². The van der Waals surface area contributed by atoms with E-state index < -0.39 is 65.5 Å². The van der Waals surface area contributed by atoms with E-state index in [1.165, 1.54) is 6.92 Å². The number of imidazole rings is 1. The van der Waals surface area contributed by atoms with Gasteiger partial charge < -0.3 is 50.2 Å². The topological polar surface area (TPSA) is 208 Å². The highest BCUT2D eigenvalue weighted by molar-refractivity contribution is 5.95. The molecule has 0 bridgehead atoms. The molecule has 1 aromatic heterocycles. The molecule has 0 radical (unpaired) electrons. The van der Waals surface area contributed by atoms with Gasteiger partial charge in [-0.1, -0.05) is 117 Å². The lowest BCUT2D eigenvalue weighted by Crippen LogP contribution is -2.60. The maximum Gasteiger partial charge on any atom is 0.408 e. The summed E-state index contributed by atoms with van der Waals surface area (Å²) in [7, 11) is 0. The zero-order chi connectivity index (χ0) is 49.8. The standard InChI is InChI=1S/C53H65N7O9/c1-36(2)26-43(31-61)56-48(62)37(3)55-49(63)45(27-38-22-24-44(25-23-38)68-33-41-20-14-9-15-21-41)57-51(65)47(34-67-32-40-18-12-8-13-19-40)58-50(64)46(59-52(66)69-53(4,5)6)28-42-30-60(35-54-42)29-39-16-10-7-11-17-39/h7-25,30-31,35-37,43,45-47H,26-29,32-34H2,1-6H3,(H,55,63)(H,56,62)(H,57,65)(H,58,64)(H,59,66)/t37-,43+,45+,46+,47+/m1/s1. The van der Waals surface area contributed by atoms with E-state index in [4.69, 9.17) is 14.2 Å². The number of nitrogens with one attached hydrogen (secondary N) is 5. The number of ether oxygens (including phenoxy) is 3. The molecule has 366 valence electrons. The van der Waals surface area contributed by atoms with Gasteiger partial charge in [-0.2, -0.15) is 0 Å². The average Bonchev–Trinajstić information content (AvgIpc) is 3.76. The van der Waals surface area contributed by atoms with Crippen LogP contribution in [0, 0.1) is 5.92 Å². The first-order valence-corrected chi connectivity index (χ1v) is 23.1. The molecule has 5 atom stereocenters. The summed E-state index contributed by atoms with van der Waals surface area (Å²) >= 11 is 0. The second-order valence-corrected chi connectivity index (χ2v) is 18.3. The number of nitrogens with zero attached hydrogens (tertiary/aromatic N) is 2. The molecule has 1 heterocycles. The van der Waals surface area contributed by atoms with Crippen molar-refractivity contribution in [1.29, 1.82) is 0 Å². The number of hydrogen-bond donors (Lipinski definition) is 5. The molecule has 0 saturated carbocycles. The van der Waals surface area contributed by atoms with Gasteiger partial charge in [0.2, 0.25) is 23.6 Å². The number of rotatable bonds is 25. The van der Waals surface area contributed by atoms with Crippen molar-refractivity contribution in [3.05, 3.63) is 156 Å². The van der Waals surface area contributed by atoms with Gasteiger partial charge in [-0.15, -0.1) is 0 Å². The molecule has 16 heteroatoms. The van der Waals surface area contributed by atoms with Crippen LogP contribution in [0.15, 0.2) is 128 Å². The Bertz CT molecular complexity index is 2410. The summed E-state index contributed by atoms with van der Waals surface area (Å²) in [5.74, 6) is -2.10. The van der Waals surface area contributed by atoms with E-state index in [-0.39, 0.29) is 32.0 Å². The zero-order valence-electron chi connectivity index (χ0n) is 40.2. The lowest BCUT2D eigenvalue weighted by Gasteiger charge is -2.27. The lowest BCUT2D eigenvalue weighted by molar-refractivity contribution is -0.135. The average molecular weight is 944 g/mol. The molecule has 0 unspecified atom stereocenters. The maximum absolute atomic E-state index is 14.5. The minimum absolute atomic E-state index is 0.0325. The molecule has 0 spiro atoms. The molecule has 0 aliphatic heterocycles. The Balaban J connectivity index is 1.39. The fourth-order valence-electron chi connectivity index (χ4n) is 7.11. The third kappa shape index (κ3) is 18.7. The molecule has 5 rings (SSSR count). The van der Waals surface area contributed by atoms with Crippen molar-refractivity contribution in [2.24, 2.45) is 5.92 Å². The number of alkyl carbamates (subject to hydrolysis) is 1. The van der Waals surface area contributed by atoms with Crippen LogP contribution in [0.1, 0.15) is 75.9 Å². The van der Waals surface area contributed by atoms with Crippen molar-refractivity contribution >= 4 is 36.0 Å². The molecule has 5 aromatic rings. The third-order valence-corrected chi connectivity index (χ3v) is 10.6. The summed E-state index contributed by atoms with van der Waals surface area (Å²) in [4.78, 5) is 85.8. The number of benzene rings is 4. The smallest absolute Gasteiger partial charge is 0.408 e. The Morgan fingerprint density at radius 2 is 1.17 bits per heavy atom. The minimum atomic E-state index is -1.39. The predicted molar refractivity (Wildman–Crippen MR) is 261 cm³/mol. The molecule has 5 amide bonds. The largest absolute Gasteiger partial charge is 0.489 e. The second kappa shape index (κ2) is 26.3. The van der Waals surface area contributed by atoms with Crippen LogP contribution in [-0.4, -0.2) is 88.0 Å². The molecule has 0 fully saturated rings. The number of carbonyl (C=O) groups excluding carboxylic acids is 6. The summed E-state index contributed by atoms with van der Waals surface area (Å²) < 4.78 is 19.3. The number of carbonyl (C=O) groups is 6. The van der Waals surface area contributed by atoms with Gasteiger partial charge in [-0.25, -0.2) is 9.78 Å². The van der Waals surface area contributed by atoms with Crippen LogP contribution >= 0.6 is 0 Å². The van der Waals surface area contributed by atoms with Crippen molar-refractivity contribution in [2.75, 3.05) is 6.61 Å². The summed E-state index contributed by atoms with van der Waals surface area (Å²) in [6, 6.07) is 29.9. The van der Waals surface area contributed by atoms with Gasteiger partial charge in [0.1, 0.15) is 48.4 Å². The Hall–Kier alpha value is -7.33. The van der Waals surface area contributed by atoms with Crippen LogP contribution in [0.4, 0.5) is 4.79 Å². The Morgan fingerprint density at radius 1 is 0.623 bits per heavy atom. The fourth-order valence-corrected chi connectivity index (χ4v) is 7.11. The van der Waals surface area contributed by atoms with Crippen molar-refractivity contribution in [2.45, 2.75) is 116 Å². The van der Waals surface area contributed by atoms with Crippen molar-refractivity contribution in [1.82, 2.24) is 36.1 Å². The van der Waals surface area contributed by atoms with E-state index in [0.717, 1.165) is 16.7 Å². The predicted octanol–water partition coefficient (Wildman–Crippen LogP) is 5.61. The van der Waals surface area contributed by atoms with E-state index in [9.17, 15) is 28.8 Å². The monoisotopic (exact) mass is 943 g/mol. The van der Waals surface area contributed by atoms with Gasteiger partial charge in [0.25, 0.3) is 0 Å². The highest BCUT2D eigenvalue weighted by Crippen LogP contribution is 2.17. The number of aldehydes is 1.